The Hall–Kier alpha value is -2.36. The van der Waals surface area contributed by atoms with E-state index in [9.17, 15) is 0 Å². The predicted octanol–water partition coefficient (Wildman–Crippen LogP) is 3.00. The maximum Gasteiger partial charge on any atom is 0.180 e. The number of rotatable bonds is 2. The lowest BCUT2D eigenvalue weighted by molar-refractivity contribution is 1.08. The number of nitrogens with one attached hydrogen (secondary N) is 1. The van der Waals surface area contributed by atoms with Crippen LogP contribution in [0.5, 0.6) is 0 Å². The van der Waals surface area contributed by atoms with Gasteiger partial charge in [-0.25, -0.2) is 9.97 Å². The van der Waals surface area contributed by atoms with Gasteiger partial charge in [0, 0.05) is 19.7 Å². The summed E-state index contributed by atoms with van der Waals surface area (Å²) in [5.41, 5.74) is 4.02. The van der Waals surface area contributed by atoms with Gasteiger partial charge in [-0.1, -0.05) is 23.8 Å². The Morgan fingerprint density at radius 3 is 2.63 bits per heavy atom. The average molecular weight is 252 g/mol. The Morgan fingerprint density at radius 2 is 1.89 bits per heavy atom. The van der Waals surface area contributed by atoms with Crippen molar-refractivity contribution in [1.82, 2.24) is 15.0 Å². The maximum absolute atomic E-state index is 4.57. The van der Waals surface area contributed by atoms with Crippen molar-refractivity contribution in [1.29, 1.82) is 0 Å². The lowest BCUT2D eigenvalue weighted by atomic mass is 10.1. The summed E-state index contributed by atoms with van der Waals surface area (Å²) in [6.07, 6.45) is 0. The van der Waals surface area contributed by atoms with Gasteiger partial charge in [-0.15, -0.1) is 0 Å². The molecule has 3 aromatic rings. The molecular formula is C15H16N4. The molecule has 0 radical (unpaired) electrons. The molecule has 0 saturated heterocycles. The van der Waals surface area contributed by atoms with Gasteiger partial charge < -0.3 is 9.88 Å². The maximum atomic E-state index is 4.57. The lowest BCUT2D eigenvalue weighted by Crippen LogP contribution is -2.10. The van der Waals surface area contributed by atoms with Gasteiger partial charge in [0.15, 0.2) is 5.65 Å². The van der Waals surface area contributed by atoms with Crippen molar-refractivity contribution >= 4 is 17.0 Å². The molecule has 2 aromatic heterocycles. The van der Waals surface area contributed by atoms with Crippen LogP contribution in [0.3, 0.4) is 0 Å². The fraction of sp³-hybridized carbons (Fsp3) is 0.200. The molecular weight excluding hydrogens is 236 g/mol. The van der Waals surface area contributed by atoms with Crippen LogP contribution in [0.1, 0.15) is 5.56 Å². The van der Waals surface area contributed by atoms with Gasteiger partial charge >= 0.3 is 0 Å². The summed E-state index contributed by atoms with van der Waals surface area (Å²) < 4.78 is 0. The number of aryl methyl sites for hydroxylation is 1. The summed E-state index contributed by atoms with van der Waals surface area (Å²) in [5.74, 6) is 1.77. The number of H-pyrrole nitrogens is 1. The van der Waals surface area contributed by atoms with E-state index in [1.165, 1.54) is 5.56 Å². The Balaban J connectivity index is 2.11. The van der Waals surface area contributed by atoms with Crippen LogP contribution >= 0.6 is 0 Å². The zero-order valence-corrected chi connectivity index (χ0v) is 11.3. The Morgan fingerprint density at radius 1 is 1.05 bits per heavy atom. The van der Waals surface area contributed by atoms with Crippen molar-refractivity contribution in [3.05, 3.63) is 42.0 Å². The number of hydrogen-bond acceptors (Lipinski definition) is 3. The SMILES string of the molecule is Cc1cccc(-c2nc3nc(N(C)C)ccc3[nH]2)c1. The Kier molecular flexibility index (Phi) is 2.71. The zero-order valence-electron chi connectivity index (χ0n) is 11.3. The van der Waals surface area contributed by atoms with E-state index in [1.807, 2.05) is 37.2 Å². The van der Waals surface area contributed by atoms with Gasteiger partial charge in [0.1, 0.15) is 11.6 Å². The normalized spacial score (nSPS) is 10.9. The molecule has 1 aromatic carbocycles. The molecule has 0 bridgehead atoms. The number of pyridine rings is 1. The van der Waals surface area contributed by atoms with Crippen molar-refractivity contribution in [3.8, 4) is 11.4 Å². The number of aromatic nitrogens is 3. The smallest absolute Gasteiger partial charge is 0.180 e. The molecule has 0 aliphatic heterocycles. The highest BCUT2D eigenvalue weighted by Gasteiger charge is 2.07. The second-order valence-electron chi connectivity index (χ2n) is 4.89. The van der Waals surface area contributed by atoms with Gasteiger partial charge in [0.25, 0.3) is 0 Å². The largest absolute Gasteiger partial charge is 0.363 e. The molecule has 2 heterocycles. The molecule has 3 rings (SSSR count). The fourth-order valence-corrected chi connectivity index (χ4v) is 2.06. The molecule has 4 heteroatoms. The summed E-state index contributed by atoms with van der Waals surface area (Å²) in [6, 6.07) is 12.3. The van der Waals surface area contributed by atoms with E-state index in [2.05, 4.69) is 40.1 Å². The van der Waals surface area contributed by atoms with Crippen LogP contribution in [-0.4, -0.2) is 29.0 Å². The minimum absolute atomic E-state index is 0.753. The summed E-state index contributed by atoms with van der Waals surface area (Å²) >= 11 is 0. The van der Waals surface area contributed by atoms with Crippen LogP contribution in [0, 0.1) is 6.92 Å². The van der Waals surface area contributed by atoms with Crippen LogP contribution in [0.25, 0.3) is 22.6 Å². The van der Waals surface area contributed by atoms with Gasteiger partial charge in [-0.3, -0.25) is 0 Å². The van der Waals surface area contributed by atoms with Gasteiger partial charge in [-0.05, 0) is 25.1 Å². The first-order valence-electron chi connectivity index (χ1n) is 6.24. The first kappa shape index (κ1) is 11.7. The molecule has 0 fully saturated rings. The van der Waals surface area contributed by atoms with Crippen LogP contribution < -0.4 is 4.90 Å². The highest BCUT2D eigenvalue weighted by atomic mass is 15.1. The van der Waals surface area contributed by atoms with E-state index in [1.54, 1.807) is 0 Å². The summed E-state index contributed by atoms with van der Waals surface area (Å²) in [6.45, 7) is 2.08. The number of benzene rings is 1. The molecule has 0 aliphatic carbocycles. The highest BCUT2D eigenvalue weighted by Crippen LogP contribution is 2.21. The third-order valence-corrected chi connectivity index (χ3v) is 3.08. The van der Waals surface area contributed by atoms with Crippen molar-refractivity contribution in [2.45, 2.75) is 6.92 Å². The third kappa shape index (κ3) is 2.17. The summed E-state index contributed by atoms with van der Waals surface area (Å²) in [4.78, 5) is 14.4. The average Bonchev–Trinajstić information content (AvgIpc) is 2.81. The Labute approximate surface area is 112 Å². The van der Waals surface area contributed by atoms with E-state index < -0.39 is 0 Å². The second kappa shape index (κ2) is 4.39. The van der Waals surface area contributed by atoms with Crippen molar-refractivity contribution in [2.24, 2.45) is 0 Å². The zero-order chi connectivity index (χ0) is 13.4. The third-order valence-electron chi connectivity index (χ3n) is 3.08. The predicted molar refractivity (Wildman–Crippen MR) is 78.4 cm³/mol. The molecule has 0 saturated carbocycles. The van der Waals surface area contributed by atoms with E-state index in [0.29, 0.717) is 0 Å². The minimum atomic E-state index is 0.753. The number of imidazole rings is 1. The van der Waals surface area contributed by atoms with Crippen LogP contribution in [0.2, 0.25) is 0 Å². The van der Waals surface area contributed by atoms with Crippen LogP contribution in [-0.2, 0) is 0 Å². The summed E-state index contributed by atoms with van der Waals surface area (Å²) in [7, 11) is 3.95. The van der Waals surface area contributed by atoms with Crippen LogP contribution in [0.15, 0.2) is 36.4 Å². The monoisotopic (exact) mass is 252 g/mol. The topological polar surface area (TPSA) is 44.8 Å². The first-order valence-corrected chi connectivity index (χ1v) is 6.24. The van der Waals surface area contributed by atoms with Crippen molar-refractivity contribution in [2.75, 3.05) is 19.0 Å². The number of aromatic amines is 1. The first-order chi connectivity index (χ1) is 9.13. The molecule has 0 aliphatic rings. The molecule has 0 amide bonds. The molecule has 4 nitrogen and oxygen atoms in total. The van der Waals surface area contributed by atoms with Gasteiger partial charge in [0.2, 0.25) is 0 Å². The molecule has 96 valence electrons. The van der Waals surface area contributed by atoms with Crippen molar-refractivity contribution in [3.63, 3.8) is 0 Å². The number of hydrogen-bond donors (Lipinski definition) is 1. The molecule has 0 spiro atoms. The number of nitrogens with zero attached hydrogens (tertiary/aromatic N) is 3. The van der Waals surface area contributed by atoms with Gasteiger partial charge in [-0.2, -0.15) is 0 Å². The Bertz CT molecular complexity index is 728. The van der Waals surface area contributed by atoms with Crippen LogP contribution in [0.4, 0.5) is 5.82 Å². The fourth-order valence-electron chi connectivity index (χ4n) is 2.06. The quantitative estimate of drug-likeness (QED) is 0.762. The lowest BCUT2D eigenvalue weighted by Gasteiger charge is -2.09. The number of fused-ring (bicyclic) bond motifs is 1. The highest BCUT2D eigenvalue weighted by molar-refractivity contribution is 5.77. The van der Waals surface area contributed by atoms with E-state index in [-0.39, 0.29) is 0 Å². The minimum Gasteiger partial charge on any atom is -0.363 e. The number of anilines is 1. The van der Waals surface area contributed by atoms with E-state index in [0.717, 1.165) is 28.4 Å². The summed E-state index contributed by atoms with van der Waals surface area (Å²) in [5, 5.41) is 0. The molecule has 19 heavy (non-hydrogen) atoms. The molecule has 0 unspecified atom stereocenters. The van der Waals surface area contributed by atoms with Crippen molar-refractivity contribution < 1.29 is 0 Å². The van der Waals surface area contributed by atoms with E-state index in [4.69, 9.17) is 0 Å². The standard InChI is InChI=1S/C15H16N4/c1-10-5-4-6-11(9-10)14-16-12-7-8-13(19(2)3)17-15(12)18-14/h4-9H,1-3H3,(H,16,17,18). The van der Waals surface area contributed by atoms with E-state index >= 15 is 0 Å². The molecule has 0 atom stereocenters. The second-order valence-corrected chi connectivity index (χ2v) is 4.89. The molecule has 1 N–H and O–H groups in total. The van der Waals surface area contributed by atoms with Gasteiger partial charge in [0.05, 0.1) is 5.52 Å².